The second-order valence-electron chi connectivity index (χ2n) is 6.81. The summed E-state index contributed by atoms with van der Waals surface area (Å²) in [4.78, 5) is 14.8. The van der Waals surface area contributed by atoms with Crippen LogP contribution in [0.5, 0.6) is 0 Å². The van der Waals surface area contributed by atoms with Crippen molar-refractivity contribution >= 4 is 5.97 Å². The molecule has 0 saturated carbocycles. The van der Waals surface area contributed by atoms with Gasteiger partial charge in [-0.2, -0.15) is 0 Å². The van der Waals surface area contributed by atoms with E-state index in [1.807, 2.05) is 0 Å². The molecule has 128 valence electrons. The van der Waals surface area contributed by atoms with Crippen molar-refractivity contribution < 1.29 is 19.7 Å². The van der Waals surface area contributed by atoms with Crippen molar-refractivity contribution in [1.82, 2.24) is 10.2 Å². The van der Waals surface area contributed by atoms with Crippen LogP contribution in [0, 0.1) is 5.41 Å². The van der Waals surface area contributed by atoms with E-state index in [1.165, 1.54) is 0 Å². The van der Waals surface area contributed by atoms with E-state index in [9.17, 15) is 15.0 Å². The molecule has 0 amide bonds. The number of hydrogen-bond donors (Lipinski definition) is 3. The molecule has 2 saturated heterocycles. The zero-order chi connectivity index (χ0) is 16.0. The van der Waals surface area contributed by atoms with Gasteiger partial charge >= 0.3 is 5.97 Å². The summed E-state index contributed by atoms with van der Waals surface area (Å²) in [5, 5.41) is 23.1. The lowest BCUT2D eigenvalue weighted by Gasteiger charge is -2.39. The number of rotatable bonds is 0. The summed E-state index contributed by atoms with van der Waals surface area (Å²) in [5.74, 6) is -0.195. The number of likely N-dealkylation sites (tertiary alicyclic amines) is 1. The first-order chi connectivity index (χ1) is 10.5. The largest absolute Gasteiger partial charge is 0.462 e. The van der Waals surface area contributed by atoms with Crippen LogP contribution in [0.3, 0.4) is 0 Å². The molecule has 0 bridgehead atoms. The average Bonchev–Trinajstić information content (AvgIpc) is 2.53. The number of hydrogen-bond acceptors (Lipinski definition) is 6. The first kappa shape index (κ1) is 17.7. The van der Waals surface area contributed by atoms with Gasteiger partial charge < -0.3 is 25.2 Å². The molecule has 3 N–H and O–H groups in total. The third kappa shape index (κ3) is 4.65. The molecule has 22 heavy (non-hydrogen) atoms. The third-order valence-corrected chi connectivity index (χ3v) is 5.08. The van der Waals surface area contributed by atoms with Crippen LogP contribution in [0.2, 0.25) is 0 Å². The summed E-state index contributed by atoms with van der Waals surface area (Å²) in [7, 11) is 2.07. The second kappa shape index (κ2) is 8.24. The molecule has 0 unspecified atom stereocenters. The van der Waals surface area contributed by atoms with Gasteiger partial charge in [0, 0.05) is 0 Å². The fraction of sp³-hybridized carbons (Fsp3) is 0.938. The van der Waals surface area contributed by atoms with E-state index in [1.54, 1.807) is 0 Å². The molecule has 2 heterocycles. The first-order valence-corrected chi connectivity index (χ1v) is 8.46. The molecular weight excluding hydrogens is 284 g/mol. The minimum atomic E-state index is -1.00. The maximum absolute atomic E-state index is 12.6. The molecule has 1 spiro atoms. The van der Waals surface area contributed by atoms with E-state index >= 15 is 0 Å². The molecule has 0 aromatic rings. The van der Waals surface area contributed by atoms with Gasteiger partial charge in [-0.1, -0.05) is 6.42 Å². The van der Waals surface area contributed by atoms with E-state index in [2.05, 4.69) is 17.3 Å². The number of aliphatic hydroxyl groups excluding tert-OH is 2. The third-order valence-electron chi connectivity index (χ3n) is 5.08. The van der Waals surface area contributed by atoms with Crippen LogP contribution in [0.25, 0.3) is 0 Å². The number of aliphatic hydroxyl groups is 2. The van der Waals surface area contributed by atoms with Crippen molar-refractivity contribution in [1.29, 1.82) is 0 Å². The van der Waals surface area contributed by atoms with Crippen LogP contribution in [0.1, 0.15) is 38.5 Å². The topological polar surface area (TPSA) is 82.0 Å². The summed E-state index contributed by atoms with van der Waals surface area (Å²) in [5.41, 5.74) is -0.411. The van der Waals surface area contributed by atoms with Gasteiger partial charge in [0.25, 0.3) is 0 Å². The molecule has 2 fully saturated rings. The Kier molecular flexibility index (Phi) is 6.62. The predicted molar refractivity (Wildman–Crippen MR) is 83.5 cm³/mol. The smallest absolute Gasteiger partial charge is 0.312 e. The molecule has 0 radical (unpaired) electrons. The number of esters is 1. The highest BCUT2D eigenvalue weighted by Gasteiger charge is 2.42. The molecule has 2 atom stereocenters. The van der Waals surface area contributed by atoms with Crippen molar-refractivity contribution in [3.63, 3.8) is 0 Å². The van der Waals surface area contributed by atoms with E-state index < -0.39 is 17.6 Å². The van der Waals surface area contributed by atoms with Crippen LogP contribution in [-0.4, -0.2) is 73.1 Å². The number of carbonyl (C=O) groups is 1. The van der Waals surface area contributed by atoms with Crippen molar-refractivity contribution in [2.45, 2.75) is 50.7 Å². The van der Waals surface area contributed by atoms with Gasteiger partial charge in [-0.3, -0.25) is 4.79 Å². The maximum Gasteiger partial charge on any atom is 0.312 e. The summed E-state index contributed by atoms with van der Waals surface area (Å²) < 4.78 is 5.38. The van der Waals surface area contributed by atoms with Gasteiger partial charge in [-0.05, 0) is 65.3 Å². The molecule has 0 aromatic heterocycles. The quantitative estimate of drug-likeness (QED) is 0.551. The molecule has 2 aliphatic rings. The minimum absolute atomic E-state index is 0.114. The predicted octanol–water partition coefficient (Wildman–Crippen LogP) is 0.127. The highest BCUT2D eigenvalue weighted by Crippen LogP contribution is 2.37. The minimum Gasteiger partial charge on any atom is -0.462 e. The Hall–Kier alpha value is -0.690. The Balaban J connectivity index is 2.02. The lowest BCUT2D eigenvalue weighted by molar-refractivity contribution is -0.164. The summed E-state index contributed by atoms with van der Waals surface area (Å²) in [6, 6.07) is 0. The van der Waals surface area contributed by atoms with Gasteiger partial charge in [0.2, 0.25) is 0 Å². The fourth-order valence-electron chi connectivity index (χ4n) is 3.31. The van der Waals surface area contributed by atoms with Gasteiger partial charge in [-0.15, -0.1) is 0 Å². The van der Waals surface area contributed by atoms with E-state index in [4.69, 9.17) is 4.74 Å². The number of nitrogens with one attached hydrogen (secondary N) is 1. The molecule has 6 heteroatoms. The van der Waals surface area contributed by atoms with E-state index in [0.29, 0.717) is 13.0 Å². The normalized spacial score (nSPS) is 32.6. The van der Waals surface area contributed by atoms with Crippen LogP contribution in [0.4, 0.5) is 0 Å². The van der Waals surface area contributed by atoms with Gasteiger partial charge in [0.05, 0.1) is 11.5 Å². The zero-order valence-corrected chi connectivity index (χ0v) is 13.6. The molecule has 6 nitrogen and oxygen atoms in total. The lowest BCUT2D eigenvalue weighted by atomic mass is 9.74. The van der Waals surface area contributed by atoms with Crippen molar-refractivity contribution in [2.24, 2.45) is 5.41 Å². The number of cyclic esters (lactones) is 1. The summed E-state index contributed by atoms with van der Waals surface area (Å²) in [6.07, 6.45) is 3.10. The SMILES string of the molecule is CN1CCC2(CCCCNCC[C@H](O)[C@H](O)COC2=O)CC1. The van der Waals surface area contributed by atoms with Gasteiger partial charge in [0.1, 0.15) is 12.7 Å². The van der Waals surface area contributed by atoms with Crippen LogP contribution in [-0.2, 0) is 9.53 Å². The zero-order valence-electron chi connectivity index (χ0n) is 13.6. The van der Waals surface area contributed by atoms with Gasteiger partial charge in [-0.25, -0.2) is 0 Å². The van der Waals surface area contributed by atoms with E-state index in [0.717, 1.165) is 51.7 Å². The van der Waals surface area contributed by atoms with Crippen LogP contribution < -0.4 is 5.32 Å². The summed E-state index contributed by atoms with van der Waals surface area (Å²) in [6.45, 7) is 3.24. The standard InChI is InChI=1S/C16H30N2O4/c1-18-10-6-16(7-11-18)5-2-3-8-17-9-4-13(19)14(20)12-22-15(16)21/h13-14,17,19-20H,2-12H2,1H3/t13-,14+/m0/s1. The Morgan fingerprint density at radius 1 is 1.14 bits per heavy atom. The molecule has 2 rings (SSSR count). The number of carbonyl (C=O) groups excluding carboxylic acids is 1. The van der Waals surface area contributed by atoms with E-state index in [-0.39, 0.29) is 12.6 Å². The maximum atomic E-state index is 12.6. The second-order valence-corrected chi connectivity index (χ2v) is 6.81. The van der Waals surface area contributed by atoms with Gasteiger partial charge in [0.15, 0.2) is 0 Å². The number of piperidine rings is 1. The number of ether oxygens (including phenoxy) is 1. The fourth-order valence-corrected chi connectivity index (χ4v) is 3.31. The number of nitrogens with zero attached hydrogens (tertiary/aromatic N) is 1. The molecular formula is C16H30N2O4. The average molecular weight is 314 g/mol. The highest BCUT2D eigenvalue weighted by atomic mass is 16.5. The monoisotopic (exact) mass is 314 g/mol. The van der Waals surface area contributed by atoms with Crippen LogP contribution >= 0.6 is 0 Å². The summed E-state index contributed by atoms with van der Waals surface area (Å²) >= 11 is 0. The van der Waals surface area contributed by atoms with Crippen molar-refractivity contribution in [3.05, 3.63) is 0 Å². The van der Waals surface area contributed by atoms with Crippen LogP contribution in [0.15, 0.2) is 0 Å². The van der Waals surface area contributed by atoms with Crippen molar-refractivity contribution in [2.75, 3.05) is 39.8 Å². The Bertz CT molecular complexity index is 356. The highest BCUT2D eigenvalue weighted by molar-refractivity contribution is 5.77. The Morgan fingerprint density at radius 2 is 1.86 bits per heavy atom. The van der Waals surface area contributed by atoms with Crippen molar-refractivity contribution in [3.8, 4) is 0 Å². The lowest BCUT2D eigenvalue weighted by Crippen LogP contribution is -2.45. The molecule has 0 aliphatic carbocycles. The molecule has 0 aromatic carbocycles. The Morgan fingerprint density at radius 3 is 2.59 bits per heavy atom. The molecule has 2 aliphatic heterocycles. The first-order valence-electron chi connectivity index (χ1n) is 8.46. The Labute approximate surface area is 132 Å².